The van der Waals surface area contributed by atoms with Crippen LogP contribution in [0.3, 0.4) is 0 Å². The smallest absolute Gasteiger partial charge is 0.416 e. The van der Waals surface area contributed by atoms with E-state index in [-0.39, 0.29) is 22.5 Å². The molecule has 0 spiro atoms. The number of nitrogens with one attached hydrogen (secondary N) is 1. The number of halogens is 4. The lowest BCUT2D eigenvalue weighted by Gasteiger charge is -2.32. The zero-order valence-electron chi connectivity index (χ0n) is 23.4. The first-order chi connectivity index (χ1) is 19.6. The van der Waals surface area contributed by atoms with E-state index in [1.54, 1.807) is 44.2 Å². The number of nitrogens with zero attached hydrogens (tertiary/aromatic N) is 2. The molecule has 0 aliphatic heterocycles. The molecule has 0 bridgehead atoms. The number of carbonyl (C=O) groups excluding carboxylic acids is 2. The summed E-state index contributed by atoms with van der Waals surface area (Å²) in [5, 5.41) is 2.41. The molecule has 3 rings (SSSR count). The Balaban J connectivity index is 2.12. The lowest BCUT2D eigenvalue weighted by molar-refractivity contribution is -0.139. The van der Waals surface area contributed by atoms with Gasteiger partial charge in [-0.2, -0.15) is 13.2 Å². The van der Waals surface area contributed by atoms with E-state index < -0.39 is 51.9 Å². The summed E-state index contributed by atoms with van der Waals surface area (Å²) in [4.78, 5) is 27.8. The highest BCUT2D eigenvalue weighted by molar-refractivity contribution is 7.92. The van der Waals surface area contributed by atoms with Crippen molar-refractivity contribution in [3.05, 3.63) is 88.9 Å². The van der Waals surface area contributed by atoms with Crippen LogP contribution in [-0.2, 0) is 32.3 Å². The van der Waals surface area contributed by atoms with Crippen molar-refractivity contribution in [2.24, 2.45) is 0 Å². The second kappa shape index (κ2) is 13.5. The molecule has 0 heterocycles. The van der Waals surface area contributed by atoms with Gasteiger partial charge in [-0.05, 0) is 68.8 Å². The maximum Gasteiger partial charge on any atom is 0.416 e. The molecule has 3 aromatic carbocycles. The predicted molar refractivity (Wildman–Crippen MR) is 154 cm³/mol. The molecule has 13 heteroatoms. The number of methoxy groups -OCH3 is 1. The van der Waals surface area contributed by atoms with Gasteiger partial charge in [-0.1, -0.05) is 41.9 Å². The van der Waals surface area contributed by atoms with Crippen LogP contribution in [0.25, 0.3) is 0 Å². The van der Waals surface area contributed by atoms with Crippen LogP contribution in [0.1, 0.15) is 31.9 Å². The zero-order valence-corrected chi connectivity index (χ0v) is 24.9. The van der Waals surface area contributed by atoms with Gasteiger partial charge < -0.3 is 15.0 Å². The van der Waals surface area contributed by atoms with Crippen LogP contribution in [0.15, 0.2) is 77.7 Å². The summed E-state index contributed by atoms with van der Waals surface area (Å²) in [6, 6.07) is 14.5. The largest absolute Gasteiger partial charge is 0.497 e. The molecule has 0 aromatic heterocycles. The van der Waals surface area contributed by atoms with Crippen molar-refractivity contribution in [2.75, 3.05) is 18.0 Å². The van der Waals surface area contributed by atoms with E-state index in [4.69, 9.17) is 16.3 Å². The Morgan fingerprint density at radius 2 is 1.60 bits per heavy atom. The molecule has 0 saturated heterocycles. The monoisotopic (exact) mass is 625 g/mol. The number of amides is 2. The highest BCUT2D eigenvalue weighted by atomic mass is 35.5. The second-order valence-corrected chi connectivity index (χ2v) is 12.0. The second-order valence-electron chi connectivity index (χ2n) is 9.70. The van der Waals surface area contributed by atoms with E-state index in [1.165, 1.54) is 38.3 Å². The third-order valence-electron chi connectivity index (χ3n) is 6.26. The van der Waals surface area contributed by atoms with Gasteiger partial charge in [0.1, 0.15) is 18.3 Å². The van der Waals surface area contributed by atoms with Gasteiger partial charge in [0.25, 0.3) is 10.0 Å². The topological polar surface area (TPSA) is 96.0 Å². The van der Waals surface area contributed by atoms with Crippen molar-refractivity contribution in [2.45, 2.75) is 50.5 Å². The van der Waals surface area contributed by atoms with Crippen molar-refractivity contribution < 1.29 is 35.9 Å². The Morgan fingerprint density at radius 3 is 2.14 bits per heavy atom. The van der Waals surface area contributed by atoms with Crippen LogP contribution < -0.4 is 14.4 Å². The number of anilines is 1. The molecule has 0 aliphatic rings. The average molecular weight is 626 g/mol. The summed E-state index contributed by atoms with van der Waals surface area (Å²) in [5.74, 6) is -0.784. The van der Waals surface area contributed by atoms with Gasteiger partial charge in [-0.15, -0.1) is 0 Å². The Labute approximate surface area is 248 Å². The fraction of sp³-hybridized carbons (Fsp3) is 0.310. The standard InChI is InChI=1S/C29H31ClF3N3O5S/c1-19(2)34-28(38)20(3)35(17-21-10-13-23(41-4)14-11-21)27(37)18-36(42(39,40)24-8-6-5-7-9-24)26-16-22(29(31,32)33)12-15-25(26)30/h5-16,19-20H,17-18H2,1-4H3,(H,34,38)/t20-/m1/s1. The summed E-state index contributed by atoms with van der Waals surface area (Å²) in [6.45, 7) is 3.92. The molecule has 1 atom stereocenters. The van der Waals surface area contributed by atoms with Crippen molar-refractivity contribution in [3.63, 3.8) is 0 Å². The number of hydrogen-bond acceptors (Lipinski definition) is 5. The summed E-state index contributed by atoms with van der Waals surface area (Å²) in [5.41, 5.74) is -1.09. The van der Waals surface area contributed by atoms with E-state index in [0.29, 0.717) is 21.7 Å². The molecule has 226 valence electrons. The number of rotatable bonds is 11. The van der Waals surface area contributed by atoms with E-state index in [1.807, 2.05) is 0 Å². The fourth-order valence-corrected chi connectivity index (χ4v) is 5.74. The molecule has 2 amide bonds. The number of sulfonamides is 1. The van der Waals surface area contributed by atoms with E-state index in [0.717, 1.165) is 17.0 Å². The maximum atomic E-state index is 13.9. The molecule has 8 nitrogen and oxygen atoms in total. The molecule has 42 heavy (non-hydrogen) atoms. The number of alkyl halides is 3. The first-order valence-corrected chi connectivity index (χ1v) is 14.6. The Hall–Kier alpha value is -3.77. The molecule has 1 N–H and O–H groups in total. The third kappa shape index (κ3) is 7.95. The van der Waals surface area contributed by atoms with Gasteiger partial charge in [0.05, 0.1) is 28.3 Å². The van der Waals surface area contributed by atoms with Crippen LogP contribution in [-0.4, -0.2) is 50.9 Å². The van der Waals surface area contributed by atoms with E-state index >= 15 is 0 Å². The molecule has 3 aromatic rings. The minimum Gasteiger partial charge on any atom is -0.497 e. The van der Waals surface area contributed by atoms with Gasteiger partial charge in [0, 0.05) is 12.6 Å². The SMILES string of the molecule is COc1ccc(CN(C(=O)CN(c2cc(C(F)(F)F)ccc2Cl)S(=O)(=O)c2ccccc2)[C@H](C)C(=O)NC(C)C)cc1. The quantitative estimate of drug-likeness (QED) is 0.303. The molecule has 0 fully saturated rings. The van der Waals surface area contributed by atoms with E-state index in [2.05, 4.69) is 5.32 Å². The highest BCUT2D eigenvalue weighted by Crippen LogP contribution is 2.37. The van der Waals surface area contributed by atoms with Crippen molar-refractivity contribution in [1.82, 2.24) is 10.2 Å². The molecule has 0 aliphatic carbocycles. The Bertz CT molecular complexity index is 1500. The number of ether oxygens (including phenoxy) is 1. The molecule has 0 radical (unpaired) electrons. The van der Waals surface area contributed by atoms with E-state index in [9.17, 15) is 31.2 Å². The third-order valence-corrected chi connectivity index (χ3v) is 8.36. The predicted octanol–water partition coefficient (Wildman–Crippen LogP) is 5.50. The van der Waals surface area contributed by atoms with Gasteiger partial charge in [-0.25, -0.2) is 8.42 Å². The molecular weight excluding hydrogens is 595 g/mol. The number of carbonyl (C=O) groups is 2. The lowest BCUT2D eigenvalue weighted by atomic mass is 10.1. The molecule has 0 saturated carbocycles. The minimum absolute atomic E-state index is 0.106. The van der Waals surface area contributed by atoms with Crippen LogP contribution in [0, 0.1) is 0 Å². The number of hydrogen-bond donors (Lipinski definition) is 1. The van der Waals surface area contributed by atoms with Crippen LogP contribution in [0.5, 0.6) is 5.75 Å². The lowest BCUT2D eigenvalue weighted by Crippen LogP contribution is -2.52. The zero-order chi connectivity index (χ0) is 31.2. The summed E-state index contributed by atoms with van der Waals surface area (Å²) >= 11 is 6.25. The van der Waals surface area contributed by atoms with Crippen LogP contribution in [0.2, 0.25) is 5.02 Å². The van der Waals surface area contributed by atoms with Crippen molar-refractivity contribution >= 4 is 39.1 Å². The average Bonchev–Trinajstić information content (AvgIpc) is 2.94. The molecular formula is C29H31ClF3N3O5S. The first-order valence-electron chi connectivity index (χ1n) is 12.8. The highest BCUT2D eigenvalue weighted by Gasteiger charge is 2.36. The Kier molecular flexibility index (Phi) is 10.5. The van der Waals surface area contributed by atoms with Crippen LogP contribution >= 0.6 is 11.6 Å². The summed E-state index contributed by atoms with van der Waals surface area (Å²) < 4.78 is 74.2. The molecule has 0 unspecified atom stereocenters. The summed E-state index contributed by atoms with van der Waals surface area (Å²) in [7, 11) is -3.11. The number of benzene rings is 3. The fourth-order valence-electron chi connectivity index (χ4n) is 4.03. The summed E-state index contributed by atoms with van der Waals surface area (Å²) in [6.07, 6.45) is -4.81. The normalized spacial score (nSPS) is 12.5. The van der Waals surface area contributed by atoms with Gasteiger partial charge >= 0.3 is 6.18 Å². The van der Waals surface area contributed by atoms with Gasteiger partial charge in [0.15, 0.2) is 0 Å². The van der Waals surface area contributed by atoms with Crippen molar-refractivity contribution in [3.8, 4) is 5.75 Å². The van der Waals surface area contributed by atoms with Gasteiger partial charge in [-0.3, -0.25) is 13.9 Å². The van der Waals surface area contributed by atoms with Crippen LogP contribution in [0.4, 0.5) is 18.9 Å². The van der Waals surface area contributed by atoms with Gasteiger partial charge in [0.2, 0.25) is 11.8 Å². The first kappa shape index (κ1) is 32.7. The minimum atomic E-state index is -4.81. The maximum absolute atomic E-state index is 13.9. The Morgan fingerprint density at radius 1 is 0.976 bits per heavy atom. The van der Waals surface area contributed by atoms with Crippen molar-refractivity contribution in [1.29, 1.82) is 0 Å².